The SMILES string of the molecule is C[C@H](CC1CCCCC1)C(=O)N1CC[C@](O)(Cn2cc(C(=O)O)c(-c3ccccc3)cc2=O)C2(CCCC2)C1. The number of aromatic nitrogens is 1. The van der Waals surface area contributed by atoms with E-state index < -0.39 is 17.0 Å². The molecule has 2 N–H and O–H groups in total. The first-order chi connectivity index (χ1) is 18.7. The van der Waals surface area contributed by atoms with Gasteiger partial charge in [0, 0.05) is 42.2 Å². The van der Waals surface area contributed by atoms with E-state index in [0.29, 0.717) is 36.6 Å². The molecule has 0 bridgehead atoms. The summed E-state index contributed by atoms with van der Waals surface area (Å²) in [7, 11) is 0. The van der Waals surface area contributed by atoms with Crippen LogP contribution < -0.4 is 5.56 Å². The number of aromatic carboxylic acids is 1. The Kier molecular flexibility index (Phi) is 7.99. The molecule has 2 aliphatic carbocycles. The topological polar surface area (TPSA) is 99.8 Å². The van der Waals surface area contributed by atoms with E-state index in [0.717, 1.165) is 32.1 Å². The minimum Gasteiger partial charge on any atom is -0.478 e. The summed E-state index contributed by atoms with van der Waals surface area (Å²) in [5, 5.41) is 22.1. The van der Waals surface area contributed by atoms with E-state index in [1.54, 1.807) is 12.1 Å². The van der Waals surface area contributed by atoms with E-state index >= 15 is 0 Å². The summed E-state index contributed by atoms with van der Waals surface area (Å²) in [6.45, 7) is 3.04. The fourth-order valence-electron chi connectivity index (χ4n) is 7.63. The van der Waals surface area contributed by atoms with Crippen LogP contribution in [0, 0.1) is 17.3 Å². The highest BCUT2D eigenvalue weighted by molar-refractivity contribution is 5.95. The zero-order chi connectivity index (χ0) is 27.6. The Morgan fingerprint density at radius 2 is 1.72 bits per heavy atom. The highest BCUT2D eigenvalue weighted by Crippen LogP contribution is 2.52. The highest BCUT2D eigenvalue weighted by Gasteiger charge is 2.55. The first-order valence-corrected chi connectivity index (χ1v) is 14.8. The number of hydrogen-bond acceptors (Lipinski definition) is 4. The fraction of sp³-hybridized carbons (Fsp3) is 0.594. The van der Waals surface area contributed by atoms with Crippen LogP contribution in [0.1, 0.15) is 87.9 Å². The van der Waals surface area contributed by atoms with Crippen molar-refractivity contribution in [2.24, 2.45) is 17.3 Å². The summed E-state index contributed by atoms with van der Waals surface area (Å²) in [6, 6.07) is 10.4. The molecule has 1 aromatic heterocycles. The van der Waals surface area contributed by atoms with Gasteiger partial charge >= 0.3 is 5.97 Å². The molecular formula is C32H42N2O5. The predicted octanol–water partition coefficient (Wildman–Crippen LogP) is 5.34. The quantitative estimate of drug-likeness (QED) is 0.499. The number of carboxylic acid groups (broad SMARTS) is 1. The molecule has 1 saturated heterocycles. The predicted molar refractivity (Wildman–Crippen MR) is 151 cm³/mol. The summed E-state index contributed by atoms with van der Waals surface area (Å²) in [4.78, 5) is 41.0. The Morgan fingerprint density at radius 3 is 2.38 bits per heavy atom. The van der Waals surface area contributed by atoms with E-state index in [2.05, 4.69) is 6.92 Å². The van der Waals surface area contributed by atoms with Crippen molar-refractivity contribution in [2.75, 3.05) is 13.1 Å². The Hall–Kier alpha value is -2.93. The number of carboxylic acids is 1. The largest absolute Gasteiger partial charge is 0.478 e. The maximum absolute atomic E-state index is 13.6. The molecule has 7 nitrogen and oxygen atoms in total. The minimum absolute atomic E-state index is 0.0241. The lowest BCUT2D eigenvalue weighted by Crippen LogP contribution is -2.62. The zero-order valence-electron chi connectivity index (χ0n) is 23.1. The molecule has 210 valence electrons. The third kappa shape index (κ3) is 5.56. The number of piperidine rings is 1. The molecule has 7 heteroatoms. The average molecular weight is 535 g/mol. The first-order valence-electron chi connectivity index (χ1n) is 14.8. The van der Waals surface area contributed by atoms with E-state index in [-0.39, 0.29) is 29.5 Å². The van der Waals surface area contributed by atoms with Crippen molar-refractivity contribution in [3.8, 4) is 11.1 Å². The van der Waals surface area contributed by atoms with Crippen LogP contribution >= 0.6 is 0 Å². The van der Waals surface area contributed by atoms with Gasteiger partial charge in [-0.05, 0) is 37.2 Å². The van der Waals surface area contributed by atoms with Crippen molar-refractivity contribution in [2.45, 2.75) is 89.7 Å². The number of aliphatic hydroxyl groups is 1. The van der Waals surface area contributed by atoms with Crippen molar-refractivity contribution in [1.29, 1.82) is 0 Å². The number of rotatable bonds is 7. The van der Waals surface area contributed by atoms with E-state index in [4.69, 9.17) is 0 Å². The second kappa shape index (κ2) is 11.3. The van der Waals surface area contributed by atoms with Crippen LogP contribution in [0.25, 0.3) is 11.1 Å². The average Bonchev–Trinajstić information content (AvgIpc) is 3.42. The van der Waals surface area contributed by atoms with Gasteiger partial charge in [-0.25, -0.2) is 4.79 Å². The van der Waals surface area contributed by atoms with E-state index in [1.807, 2.05) is 23.1 Å². The van der Waals surface area contributed by atoms with Crippen molar-refractivity contribution >= 4 is 11.9 Å². The summed E-state index contributed by atoms with van der Waals surface area (Å²) in [6.07, 6.45) is 12.5. The Morgan fingerprint density at radius 1 is 1.03 bits per heavy atom. The lowest BCUT2D eigenvalue weighted by Gasteiger charge is -2.53. The van der Waals surface area contributed by atoms with Gasteiger partial charge < -0.3 is 19.7 Å². The molecule has 1 aliphatic heterocycles. The normalized spacial score (nSPS) is 24.1. The molecule has 1 spiro atoms. The van der Waals surface area contributed by atoms with Crippen molar-refractivity contribution < 1.29 is 19.8 Å². The van der Waals surface area contributed by atoms with E-state index in [1.165, 1.54) is 48.9 Å². The summed E-state index contributed by atoms with van der Waals surface area (Å²) in [5.74, 6) is -0.318. The van der Waals surface area contributed by atoms with Gasteiger partial charge in [-0.15, -0.1) is 0 Å². The molecule has 0 unspecified atom stereocenters. The molecule has 2 atom stereocenters. The lowest BCUT2D eigenvalue weighted by molar-refractivity contribution is -0.163. The number of likely N-dealkylation sites (tertiary alicyclic amines) is 1. The second-order valence-electron chi connectivity index (χ2n) is 12.4. The standard InChI is InChI=1S/C32H42N2O5/c1-23(18-24-10-4-2-5-11-24)29(36)33-17-16-32(39,31(21-33)14-8-9-15-31)22-34-20-27(30(37)38)26(19-28(34)35)25-12-6-3-7-13-25/h3,6-7,12-13,19-20,23-24,39H,2,4-5,8-11,14-18,21-22H2,1H3,(H,37,38)/t23-,32+/m1/s1. The monoisotopic (exact) mass is 534 g/mol. The minimum atomic E-state index is -1.19. The number of nitrogens with zero attached hydrogens (tertiary/aromatic N) is 2. The number of carbonyl (C=O) groups excluding carboxylic acids is 1. The van der Waals surface area contributed by atoms with Crippen molar-refractivity contribution in [1.82, 2.24) is 9.47 Å². The van der Waals surface area contributed by atoms with Crippen molar-refractivity contribution in [3.05, 3.63) is 58.5 Å². The Balaban J connectivity index is 1.38. The number of benzene rings is 1. The van der Waals surface area contributed by atoms with Crippen LogP contribution in [-0.4, -0.2) is 50.2 Å². The number of pyridine rings is 1. The molecule has 2 saturated carbocycles. The molecule has 1 amide bonds. The smallest absolute Gasteiger partial charge is 0.337 e. The van der Waals surface area contributed by atoms with Crippen LogP contribution in [0.2, 0.25) is 0 Å². The molecule has 39 heavy (non-hydrogen) atoms. The van der Waals surface area contributed by atoms with Crippen LogP contribution in [0.4, 0.5) is 0 Å². The van der Waals surface area contributed by atoms with Gasteiger partial charge in [-0.1, -0.05) is 82.2 Å². The maximum Gasteiger partial charge on any atom is 0.337 e. The van der Waals surface area contributed by atoms with Crippen LogP contribution in [0.15, 0.2) is 47.4 Å². The van der Waals surface area contributed by atoms with Crippen molar-refractivity contribution in [3.63, 3.8) is 0 Å². The van der Waals surface area contributed by atoms with Crippen LogP contribution in [-0.2, 0) is 11.3 Å². The highest BCUT2D eigenvalue weighted by atomic mass is 16.4. The maximum atomic E-state index is 13.6. The van der Waals surface area contributed by atoms with E-state index in [9.17, 15) is 24.6 Å². The van der Waals surface area contributed by atoms with Gasteiger partial charge in [0.2, 0.25) is 5.91 Å². The second-order valence-corrected chi connectivity index (χ2v) is 12.4. The van der Waals surface area contributed by atoms with Gasteiger partial charge in [0.15, 0.2) is 0 Å². The first kappa shape index (κ1) is 27.6. The molecule has 2 heterocycles. The van der Waals surface area contributed by atoms with Gasteiger partial charge in [-0.2, -0.15) is 0 Å². The Labute approximate surface area is 230 Å². The molecule has 1 aromatic carbocycles. The van der Waals surface area contributed by atoms with Gasteiger partial charge in [0.05, 0.1) is 17.7 Å². The molecular weight excluding hydrogens is 492 g/mol. The Bertz CT molecular complexity index is 1240. The van der Waals surface area contributed by atoms with Gasteiger partial charge in [-0.3, -0.25) is 9.59 Å². The van der Waals surface area contributed by atoms with Crippen LogP contribution in [0.5, 0.6) is 0 Å². The van der Waals surface area contributed by atoms with Gasteiger partial charge in [0.25, 0.3) is 5.56 Å². The number of hydrogen-bond donors (Lipinski definition) is 2. The summed E-state index contributed by atoms with van der Waals surface area (Å²) < 4.78 is 1.37. The lowest BCUT2D eigenvalue weighted by atomic mass is 9.65. The molecule has 3 fully saturated rings. The summed E-state index contributed by atoms with van der Waals surface area (Å²) >= 11 is 0. The molecule has 2 aromatic rings. The third-order valence-electron chi connectivity index (χ3n) is 9.85. The fourth-order valence-corrected chi connectivity index (χ4v) is 7.63. The third-order valence-corrected chi connectivity index (χ3v) is 9.85. The zero-order valence-corrected chi connectivity index (χ0v) is 23.1. The molecule has 5 rings (SSSR count). The number of amides is 1. The molecule has 3 aliphatic rings. The summed E-state index contributed by atoms with van der Waals surface area (Å²) in [5.41, 5.74) is -0.944. The van der Waals surface area contributed by atoms with Crippen LogP contribution in [0.3, 0.4) is 0 Å². The molecule has 0 radical (unpaired) electrons. The van der Waals surface area contributed by atoms with Gasteiger partial charge in [0.1, 0.15) is 0 Å². The number of carbonyl (C=O) groups is 2.